The largest absolute Gasteiger partial charge is 0.332 e. The van der Waals surface area contributed by atoms with Crippen LogP contribution in [-0.4, -0.2) is 9.13 Å². The van der Waals surface area contributed by atoms with Crippen LogP contribution in [0.1, 0.15) is 21.6 Å². The average molecular weight is 418 g/mol. The highest BCUT2D eigenvalue weighted by atomic mass is 32.1. The molecule has 30 heavy (non-hydrogen) atoms. The van der Waals surface area contributed by atoms with Crippen molar-refractivity contribution in [1.29, 1.82) is 0 Å². The highest BCUT2D eigenvalue weighted by molar-refractivity contribution is 7.19. The topological polar surface area (TPSA) is 44.0 Å². The van der Waals surface area contributed by atoms with Gasteiger partial charge in [-0.2, -0.15) is 0 Å². The van der Waals surface area contributed by atoms with Gasteiger partial charge in [0.15, 0.2) is 0 Å². The molecule has 0 aliphatic rings. The van der Waals surface area contributed by atoms with Crippen molar-refractivity contribution < 1.29 is 4.39 Å². The van der Waals surface area contributed by atoms with Crippen molar-refractivity contribution in [3.63, 3.8) is 0 Å². The predicted octanol–water partition coefficient (Wildman–Crippen LogP) is 3.85. The molecule has 6 heteroatoms. The van der Waals surface area contributed by atoms with E-state index in [4.69, 9.17) is 0 Å². The summed E-state index contributed by atoms with van der Waals surface area (Å²) >= 11 is 1.32. The number of aromatic nitrogens is 2. The van der Waals surface area contributed by atoms with Gasteiger partial charge in [-0.3, -0.25) is 13.9 Å². The molecule has 4 aromatic rings. The first-order chi connectivity index (χ1) is 14.4. The number of halogens is 1. The summed E-state index contributed by atoms with van der Waals surface area (Å²) in [6, 6.07) is 15.8. The van der Waals surface area contributed by atoms with Gasteiger partial charge in [0.25, 0.3) is 5.56 Å². The predicted molar refractivity (Wildman–Crippen MR) is 119 cm³/mol. The number of hydrogen-bond donors (Lipinski definition) is 0. The summed E-state index contributed by atoms with van der Waals surface area (Å²) in [5.41, 5.74) is 2.05. The maximum absolute atomic E-state index is 13.5. The van der Waals surface area contributed by atoms with Gasteiger partial charge < -0.3 is 0 Å². The maximum Gasteiger partial charge on any atom is 0.332 e. The molecule has 0 fully saturated rings. The Morgan fingerprint density at radius 1 is 1.03 bits per heavy atom. The Labute approximate surface area is 176 Å². The van der Waals surface area contributed by atoms with Crippen LogP contribution in [0.2, 0.25) is 0 Å². The Hall–Kier alpha value is -3.43. The van der Waals surface area contributed by atoms with E-state index in [0.29, 0.717) is 22.2 Å². The molecule has 2 aromatic heterocycles. The highest BCUT2D eigenvalue weighted by Crippen LogP contribution is 2.21. The lowest BCUT2D eigenvalue weighted by molar-refractivity contribution is 0.618. The van der Waals surface area contributed by atoms with Crippen LogP contribution in [0.15, 0.2) is 64.2 Å². The van der Waals surface area contributed by atoms with Crippen LogP contribution in [0, 0.1) is 24.6 Å². The van der Waals surface area contributed by atoms with Crippen molar-refractivity contribution in [2.45, 2.75) is 19.9 Å². The normalized spacial score (nSPS) is 10.8. The molecule has 0 unspecified atom stereocenters. The molecule has 2 heterocycles. The van der Waals surface area contributed by atoms with Crippen molar-refractivity contribution in [1.82, 2.24) is 9.13 Å². The summed E-state index contributed by atoms with van der Waals surface area (Å²) in [6.45, 7) is 2.06. The summed E-state index contributed by atoms with van der Waals surface area (Å²) in [4.78, 5) is 27.0. The van der Waals surface area contributed by atoms with Crippen LogP contribution in [0.5, 0.6) is 0 Å². The molecule has 0 spiro atoms. The van der Waals surface area contributed by atoms with Gasteiger partial charge in [-0.15, -0.1) is 11.3 Å². The molecular weight excluding hydrogens is 399 g/mol. The smallest absolute Gasteiger partial charge is 0.287 e. The monoisotopic (exact) mass is 418 g/mol. The molecular formula is C24H19FN2O2S. The molecule has 0 bridgehead atoms. The van der Waals surface area contributed by atoms with E-state index >= 15 is 0 Å². The van der Waals surface area contributed by atoms with Crippen molar-refractivity contribution >= 4 is 21.6 Å². The zero-order valence-electron chi connectivity index (χ0n) is 16.6. The first-order valence-electron chi connectivity index (χ1n) is 9.44. The minimum absolute atomic E-state index is 0.0173. The van der Waals surface area contributed by atoms with Gasteiger partial charge in [0.05, 0.1) is 16.8 Å². The number of nitrogens with zero attached hydrogens (tertiary/aromatic N) is 2. The number of thiophene rings is 1. The Balaban J connectivity index is 1.70. The molecule has 0 N–H and O–H groups in total. The zero-order chi connectivity index (χ0) is 21.3. The Bertz CT molecular complexity index is 1430. The van der Waals surface area contributed by atoms with Gasteiger partial charge in [0, 0.05) is 13.5 Å². The van der Waals surface area contributed by atoms with Crippen molar-refractivity contribution in [3.8, 4) is 11.8 Å². The summed E-state index contributed by atoms with van der Waals surface area (Å²) in [6.07, 6.45) is 0.610. The highest BCUT2D eigenvalue weighted by Gasteiger charge is 2.14. The lowest BCUT2D eigenvalue weighted by Crippen LogP contribution is -2.38. The average Bonchev–Trinajstić information content (AvgIpc) is 3.14. The summed E-state index contributed by atoms with van der Waals surface area (Å²) < 4.78 is 16.1. The molecule has 2 aromatic carbocycles. The minimum Gasteiger partial charge on any atom is -0.287 e. The van der Waals surface area contributed by atoms with E-state index in [2.05, 4.69) is 17.9 Å². The second-order valence-corrected chi connectivity index (χ2v) is 8.19. The minimum atomic E-state index is -0.433. The summed E-state index contributed by atoms with van der Waals surface area (Å²) in [5.74, 6) is 5.85. The molecule has 0 radical (unpaired) electrons. The van der Waals surface area contributed by atoms with Gasteiger partial charge in [0.1, 0.15) is 10.6 Å². The molecule has 0 amide bonds. The first kappa shape index (κ1) is 19.9. The third kappa shape index (κ3) is 3.98. The van der Waals surface area contributed by atoms with E-state index < -0.39 is 11.5 Å². The third-order valence-corrected chi connectivity index (χ3v) is 5.95. The third-order valence-electron chi connectivity index (χ3n) is 4.83. The molecule has 0 atom stereocenters. The van der Waals surface area contributed by atoms with Crippen LogP contribution in [0.4, 0.5) is 4.39 Å². The van der Waals surface area contributed by atoms with Gasteiger partial charge in [-0.05, 0) is 36.2 Å². The molecule has 0 aliphatic heterocycles. The fourth-order valence-corrected chi connectivity index (χ4v) is 4.34. The van der Waals surface area contributed by atoms with E-state index in [9.17, 15) is 14.0 Å². The van der Waals surface area contributed by atoms with E-state index in [-0.39, 0.29) is 12.1 Å². The molecule has 150 valence electrons. The SMILES string of the molecule is Cc1cccc(CC#Cc2cc3c(=O)n(Cc4cccc(F)c4)c(=O)n(C)c3s2)c1. The second kappa shape index (κ2) is 8.13. The second-order valence-electron chi connectivity index (χ2n) is 7.16. The lowest BCUT2D eigenvalue weighted by atomic mass is 10.1. The Morgan fingerprint density at radius 2 is 1.80 bits per heavy atom. The lowest BCUT2D eigenvalue weighted by Gasteiger charge is -2.08. The summed E-state index contributed by atoms with van der Waals surface area (Å²) in [5, 5.41) is 0.443. The standard InChI is InChI=1S/C24H19FN2O2S/c1-16-6-3-7-17(12-16)8-5-11-20-14-21-22(28)27(24(29)26(2)23(21)30-20)15-18-9-4-10-19(25)13-18/h3-4,6-7,9-10,12-14H,8,15H2,1-2H3. The van der Waals surface area contributed by atoms with Crippen molar-refractivity contribution in [2.24, 2.45) is 7.05 Å². The fourth-order valence-electron chi connectivity index (χ4n) is 3.36. The van der Waals surface area contributed by atoms with E-state index in [1.807, 2.05) is 25.1 Å². The molecule has 0 saturated heterocycles. The van der Waals surface area contributed by atoms with Crippen molar-refractivity contribution in [2.75, 3.05) is 0 Å². The molecule has 0 aliphatic carbocycles. The van der Waals surface area contributed by atoms with Crippen LogP contribution >= 0.6 is 11.3 Å². The van der Waals surface area contributed by atoms with E-state index in [0.717, 1.165) is 15.0 Å². The van der Waals surface area contributed by atoms with E-state index in [1.165, 1.54) is 33.6 Å². The van der Waals surface area contributed by atoms with Gasteiger partial charge >= 0.3 is 5.69 Å². The summed E-state index contributed by atoms with van der Waals surface area (Å²) in [7, 11) is 1.63. The molecule has 4 rings (SSSR count). The fraction of sp³-hybridized carbons (Fsp3) is 0.167. The van der Waals surface area contributed by atoms with E-state index in [1.54, 1.807) is 25.2 Å². The molecule has 4 nitrogen and oxygen atoms in total. The van der Waals surface area contributed by atoms with Gasteiger partial charge in [-0.1, -0.05) is 53.8 Å². The van der Waals surface area contributed by atoms with Crippen LogP contribution in [0.3, 0.4) is 0 Å². The van der Waals surface area contributed by atoms with Crippen LogP contribution < -0.4 is 11.2 Å². The zero-order valence-corrected chi connectivity index (χ0v) is 17.4. The van der Waals surface area contributed by atoms with Gasteiger partial charge in [-0.25, -0.2) is 9.18 Å². The number of aryl methyl sites for hydroxylation is 2. The Morgan fingerprint density at radius 3 is 2.57 bits per heavy atom. The van der Waals surface area contributed by atoms with Crippen LogP contribution in [-0.2, 0) is 20.0 Å². The number of hydrogen-bond acceptors (Lipinski definition) is 3. The number of fused-ring (bicyclic) bond motifs is 1. The first-order valence-corrected chi connectivity index (χ1v) is 10.3. The quantitative estimate of drug-likeness (QED) is 0.475. The number of rotatable bonds is 3. The maximum atomic E-state index is 13.5. The Kier molecular flexibility index (Phi) is 5.39. The van der Waals surface area contributed by atoms with Crippen molar-refractivity contribution in [3.05, 3.63) is 103 Å². The van der Waals surface area contributed by atoms with Crippen LogP contribution in [0.25, 0.3) is 10.2 Å². The van der Waals surface area contributed by atoms with Gasteiger partial charge in [0.2, 0.25) is 0 Å². The molecule has 0 saturated carbocycles. The number of benzene rings is 2.